The van der Waals surface area contributed by atoms with Crippen LogP contribution in [0.4, 0.5) is 0 Å². The molecule has 0 saturated carbocycles. The fourth-order valence-corrected chi connectivity index (χ4v) is 2.21. The van der Waals surface area contributed by atoms with Gasteiger partial charge in [0.2, 0.25) is 0 Å². The molecule has 0 radical (unpaired) electrons. The van der Waals surface area contributed by atoms with Crippen molar-refractivity contribution in [1.82, 2.24) is 0 Å². The average molecular weight is 536 g/mol. The Morgan fingerprint density at radius 2 is 1.22 bits per heavy atom. The van der Waals surface area contributed by atoms with Gasteiger partial charge in [0.1, 0.15) is 5.78 Å². The van der Waals surface area contributed by atoms with Gasteiger partial charge in [-0.15, -0.1) is 35.9 Å². The van der Waals surface area contributed by atoms with Crippen molar-refractivity contribution < 1.29 is 28.7 Å². The Labute approximate surface area is 207 Å². The van der Waals surface area contributed by atoms with Crippen molar-refractivity contribution in [3.8, 4) is 24.2 Å². The molecule has 0 atom stereocenters. The van der Waals surface area contributed by atoms with Gasteiger partial charge >= 0.3 is 11.9 Å². The van der Waals surface area contributed by atoms with E-state index in [0.29, 0.717) is 25.4 Å². The number of ether oxygens (including phenoxy) is 2. The molecule has 0 bridgehead atoms. The molecule has 32 heavy (non-hydrogen) atoms. The van der Waals surface area contributed by atoms with Gasteiger partial charge in [0.15, 0.2) is 4.69 Å². The largest absolute Gasteiger partial charge is 0.466 e. The molecule has 0 aromatic carbocycles. The summed E-state index contributed by atoms with van der Waals surface area (Å²) in [5.41, 5.74) is 0. The van der Waals surface area contributed by atoms with Crippen molar-refractivity contribution in [2.75, 3.05) is 19.0 Å². The second kappa shape index (κ2) is 27.3. The van der Waals surface area contributed by atoms with E-state index in [-0.39, 0.29) is 46.4 Å². The number of ketones is 1. The monoisotopic (exact) mass is 534 g/mol. The fourth-order valence-electron chi connectivity index (χ4n) is 1.28. The minimum Gasteiger partial charge on any atom is -0.466 e. The van der Waals surface area contributed by atoms with E-state index in [2.05, 4.69) is 65.6 Å². The first-order chi connectivity index (χ1) is 14.8. The summed E-state index contributed by atoms with van der Waals surface area (Å²) in [5.74, 6) is 7.59. The Morgan fingerprint density at radius 1 is 0.844 bits per heavy atom. The standard InChI is InChI=1S/C11H20O3S.C6H9BrO3.C4H6.C3H4/c1-5-14-10(13)7-6-9(12)8-15-11(2,3)4;1-2-10-6(9)4-3-5(7)8;1-3-4-2;1-3-2/h5-8H2,1-4H3;2-4H2,1H3;1-2H3;1H,2H3. The van der Waals surface area contributed by atoms with Crippen molar-refractivity contribution in [2.24, 2.45) is 0 Å². The summed E-state index contributed by atoms with van der Waals surface area (Å²) in [5, 5.41) is 0. The van der Waals surface area contributed by atoms with Crippen molar-refractivity contribution in [2.45, 2.75) is 85.8 Å². The molecule has 0 unspecified atom stereocenters. The van der Waals surface area contributed by atoms with E-state index < -0.39 is 0 Å². The number of Topliss-reactive ketones (excluding diaryl/α,β-unsaturated/α-hetero) is 1. The average Bonchev–Trinajstić information content (AvgIpc) is 2.70. The van der Waals surface area contributed by atoms with Crippen LogP contribution < -0.4 is 0 Å². The second-order valence-corrected chi connectivity index (χ2v) is 9.38. The molecule has 184 valence electrons. The maximum Gasteiger partial charge on any atom is 0.306 e. The number of carbonyl (C=O) groups is 4. The molecule has 8 heteroatoms. The van der Waals surface area contributed by atoms with Crippen LogP contribution in [0.3, 0.4) is 0 Å². The number of halogens is 1. The molecule has 0 heterocycles. The topological polar surface area (TPSA) is 86.7 Å². The van der Waals surface area contributed by atoms with Gasteiger partial charge < -0.3 is 9.47 Å². The first kappa shape index (κ1) is 37.5. The van der Waals surface area contributed by atoms with Gasteiger partial charge in [-0.2, -0.15) is 0 Å². The Hall–Kier alpha value is -1.77. The first-order valence-corrected chi connectivity index (χ1v) is 12.0. The summed E-state index contributed by atoms with van der Waals surface area (Å²) >= 11 is 4.31. The molecule has 0 aliphatic rings. The van der Waals surface area contributed by atoms with Crippen molar-refractivity contribution in [3.63, 3.8) is 0 Å². The van der Waals surface area contributed by atoms with E-state index in [1.807, 2.05) is 13.8 Å². The summed E-state index contributed by atoms with van der Waals surface area (Å²) in [7, 11) is 0. The Kier molecular flexibility index (Phi) is 32.0. The van der Waals surface area contributed by atoms with Gasteiger partial charge in [-0.1, -0.05) is 20.8 Å². The highest BCUT2D eigenvalue weighted by Crippen LogP contribution is 2.23. The van der Waals surface area contributed by atoms with Crippen LogP contribution >= 0.6 is 27.7 Å². The Morgan fingerprint density at radius 3 is 1.50 bits per heavy atom. The van der Waals surface area contributed by atoms with Crippen LogP contribution in [0.2, 0.25) is 0 Å². The highest BCUT2D eigenvalue weighted by molar-refractivity contribution is 9.18. The van der Waals surface area contributed by atoms with Gasteiger partial charge in [0.05, 0.1) is 31.8 Å². The third-order valence-corrected chi connectivity index (χ3v) is 4.39. The van der Waals surface area contributed by atoms with Crippen LogP contribution in [-0.2, 0) is 28.7 Å². The lowest BCUT2D eigenvalue weighted by Gasteiger charge is -2.16. The number of hydrogen-bond donors (Lipinski definition) is 0. The smallest absolute Gasteiger partial charge is 0.306 e. The maximum atomic E-state index is 11.4. The first-order valence-electron chi connectivity index (χ1n) is 10.2. The van der Waals surface area contributed by atoms with Crippen LogP contribution in [-0.4, -0.2) is 46.1 Å². The summed E-state index contributed by atoms with van der Waals surface area (Å²) in [6, 6.07) is 0. The van der Waals surface area contributed by atoms with Crippen LogP contribution in [0.5, 0.6) is 0 Å². The summed E-state index contributed by atoms with van der Waals surface area (Å²) in [4.78, 5) is 43.2. The third kappa shape index (κ3) is 46.4. The van der Waals surface area contributed by atoms with Crippen LogP contribution in [0.1, 0.15) is 81.1 Å². The predicted octanol–water partition coefficient (Wildman–Crippen LogP) is 5.35. The van der Waals surface area contributed by atoms with Gasteiger partial charge in [-0.25, -0.2) is 0 Å². The number of carbonyl (C=O) groups excluding carboxylic acids is 4. The zero-order valence-corrected chi connectivity index (χ0v) is 23.2. The van der Waals surface area contributed by atoms with Gasteiger partial charge in [0.25, 0.3) is 0 Å². The molecule has 0 amide bonds. The van der Waals surface area contributed by atoms with Crippen molar-refractivity contribution in [3.05, 3.63) is 0 Å². The summed E-state index contributed by atoms with van der Waals surface area (Å²) < 4.78 is 9.25. The number of rotatable bonds is 10. The van der Waals surface area contributed by atoms with Crippen LogP contribution in [0.25, 0.3) is 0 Å². The van der Waals surface area contributed by atoms with E-state index in [1.165, 1.54) is 0 Å². The molecule has 0 saturated heterocycles. The molecular formula is C24H39BrO6S. The summed E-state index contributed by atoms with van der Waals surface area (Å²) in [6.07, 6.45) is 5.47. The lowest BCUT2D eigenvalue weighted by molar-refractivity contribution is -0.144. The van der Waals surface area contributed by atoms with E-state index in [9.17, 15) is 19.2 Å². The minimum absolute atomic E-state index is 0.0968. The lowest BCUT2D eigenvalue weighted by Crippen LogP contribution is -2.14. The van der Waals surface area contributed by atoms with Crippen molar-refractivity contribution >= 4 is 50.1 Å². The summed E-state index contributed by atoms with van der Waals surface area (Å²) in [6.45, 7) is 15.7. The number of terminal acetylenes is 1. The molecule has 0 fully saturated rings. The molecular weight excluding hydrogens is 496 g/mol. The molecule has 0 aromatic heterocycles. The Balaban J connectivity index is -0.000000197. The molecule has 0 spiro atoms. The highest BCUT2D eigenvalue weighted by Gasteiger charge is 2.14. The molecule has 0 aliphatic carbocycles. The number of thioether (sulfide) groups is 1. The van der Waals surface area contributed by atoms with E-state index in [4.69, 9.17) is 4.74 Å². The van der Waals surface area contributed by atoms with E-state index >= 15 is 0 Å². The quantitative estimate of drug-likeness (QED) is 0.212. The molecule has 0 N–H and O–H groups in total. The molecule has 6 nitrogen and oxygen atoms in total. The van der Waals surface area contributed by atoms with Crippen molar-refractivity contribution in [1.29, 1.82) is 0 Å². The molecule has 0 aromatic rings. The highest BCUT2D eigenvalue weighted by atomic mass is 79.9. The Bertz CT molecular complexity index is 615. The number of hydrogen-bond acceptors (Lipinski definition) is 7. The SMILES string of the molecule is C#CC.CC#CC.CCOC(=O)CCC(=O)Br.CCOC(=O)CCC(=O)CSC(C)(C)C. The second-order valence-electron chi connectivity index (χ2n) is 6.69. The molecule has 0 rings (SSSR count). The van der Waals surface area contributed by atoms with Crippen LogP contribution in [0.15, 0.2) is 0 Å². The number of esters is 2. The van der Waals surface area contributed by atoms with Gasteiger partial charge in [0, 0.05) is 17.6 Å². The zero-order chi connectivity index (χ0) is 26.0. The van der Waals surface area contributed by atoms with Gasteiger partial charge in [-0.05, 0) is 50.5 Å². The predicted molar refractivity (Wildman–Crippen MR) is 137 cm³/mol. The maximum absolute atomic E-state index is 11.4. The van der Waals surface area contributed by atoms with E-state index in [1.54, 1.807) is 32.5 Å². The normalized spacial score (nSPS) is 8.75. The minimum atomic E-state index is -0.324. The van der Waals surface area contributed by atoms with E-state index in [0.717, 1.165) is 0 Å². The van der Waals surface area contributed by atoms with Gasteiger partial charge in [-0.3, -0.25) is 19.2 Å². The molecule has 0 aliphatic heterocycles. The fraction of sp³-hybridized carbons (Fsp3) is 0.667. The zero-order valence-electron chi connectivity index (χ0n) is 20.8. The lowest BCUT2D eigenvalue weighted by atomic mass is 10.2. The third-order valence-electron chi connectivity index (χ3n) is 2.66. The van der Waals surface area contributed by atoms with Crippen LogP contribution in [0, 0.1) is 24.2 Å².